The summed E-state index contributed by atoms with van der Waals surface area (Å²) in [5.74, 6) is 1.43. The predicted molar refractivity (Wildman–Crippen MR) is 76.5 cm³/mol. The third kappa shape index (κ3) is 4.60. The molecular weight excluding hydrogens is 224 g/mol. The number of piperidine rings is 1. The van der Waals surface area contributed by atoms with Crippen LogP contribution in [-0.4, -0.2) is 24.5 Å². The molecule has 0 aromatic carbocycles. The van der Waals surface area contributed by atoms with Crippen LogP contribution in [0.5, 0.6) is 0 Å². The van der Waals surface area contributed by atoms with Crippen molar-refractivity contribution >= 4 is 5.91 Å². The van der Waals surface area contributed by atoms with Gasteiger partial charge in [0.2, 0.25) is 5.91 Å². The minimum atomic E-state index is 0.209. The van der Waals surface area contributed by atoms with Crippen LogP contribution >= 0.6 is 0 Å². The molecule has 1 amide bonds. The van der Waals surface area contributed by atoms with Crippen molar-refractivity contribution in [1.82, 2.24) is 10.6 Å². The molecule has 0 bridgehead atoms. The van der Waals surface area contributed by atoms with E-state index in [1.807, 2.05) is 0 Å². The molecular formula is C15H30N2O. The number of hydrogen-bond acceptors (Lipinski definition) is 2. The van der Waals surface area contributed by atoms with Crippen molar-refractivity contribution in [2.75, 3.05) is 6.54 Å². The SMILES string of the molecule is CCC(CC)C(C)NC(=O)CC1NCCCC1C. The first kappa shape index (κ1) is 15.5. The fourth-order valence-electron chi connectivity index (χ4n) is 3.01. The van der Waals surface area contributed by atoms with Crippen LogP contribution in [0.4, 0.5) is 0 Å². The fourth-order valence-corrected chi connectivity index (χ4v) is 3.01. The van der Waals surface area contributed by atoms with E-state index in [0.717, 1.165) is 19.4 Å². The van der Waals surface area contributed by atoms with E-state index in [4.69, 9.17) is 0 Å². The smallest absolute Gasteiger partial charge is 0.221 e. The number of nitrogens with one attached hydrogen (secondary N) is 2. The van der Waals surface area contributed by atoms with Gasteiger partial charge >= 0.3 is 0 Å². The fraction of sp³-hybridized carbons (Fsp3) is 0.933. The second kappa shape index (κ2) is 7.78. The van der Waals surface area contributed by atoms with Crippen LogP contribution in [0.15, 0.2) is 0 Å². The van der Waals surface area contributed by atoms with E-state index in [9.17, 15) is 4.79 Å². The summed E-state index contributed by atoms with van der Waals surface area (Å²) in [5, 5.41) is 6.64. The van der Waals surface area contributed by atoms with Crippen LogP contribution in [0, 0.1) is 11.8 Å². The number of carbonyl (C=O) groups excluding carboxylic acids is 1. The highest BCUT2D eigenvalue weighted by Crippen LogP contribution is 2.18. The summed E-state index contributed by atoms with van der Waals surface area (Å²) >= 11 is 0. The van der Waals surface area contributed by atoms with Gasteiger partial charge in [0.15, 0.2) is 0 Å². The van der Waals surface area contributed by atoms with Gasteiger partial charge < -0.3 is 10.6 Å². The molecule has 3 unspecified atom stereocenters. The van der Waals surface area contributed by atoms with Crippen LogP contribution in [0.25, 0.3) is 0 Å². The molecule has 106 valence electrons. The Morgan fingerprint density at radius 2 is 2.06 bits per heavy atom. The molecule has 0 aliphatic carbocycles. The predicted octanol–water partition coefficient (Wildman–Crippen LogP) is 2.71. The summed E-state index contributed by atoms with van der Waals surface area (Å²) in [6, 6.07) is 0.666. The van der Waals surface area contributed by atoms with E-state index in [2.05, 4.69) is 38.3 Å². The number of hydrogen-bond donors (Lipinski definition) is 2. The van der Waals surface area contributed by atoms with Crippen LogP contribution in [0.2, 0.25) is 0 Å². The van der Waals surface area contributed by atoms with Gasteiger partial charge in [-0.2, -0.15) is 0 Å². The van der Waals surface area contributed by atoms with E-state index < -0.39 is 0 Å². The molecule has 3 atom stereocenters. The monoisotopic (exact) mass is 254 g/mol. The van der Waals surface area contributed by atoms with Crippen molar-refractivity contribution in [3.05, 3.63) is 0 Å². The lowest BCUT2D eigenvalue weighted by Gasteiger charge is -2.30. The third-order valence-electron chi connectivity index (χ3n) is 4.48. The molecule has 0 aromatic heterocycles. The number of rotatable bonds is 6. The molecule has 1 heterocycles. The van der Waals surface area contributed by atoms with Crippen molar-refractivity contribution in [3.8, 4) is 0 Å². The molecule has 18 heavy (non-hydrogen) atoms. The maximum absolute atomic E-state index is 12.1. The highest BCUT2D eigenvalue weighted by atomic mass is 16.1. The Morgan fingerprint density at radius 3 is 2.61 bits per heavy atom. The van der Waals surface area contributed by atoms with E-state index in [1.165, 1.54) is 12.8 Å². The third-order valence-corrected chi connectivity index (χ3v) is 4.48. The summed E-state index contributed by atoms with van der Waals surface area (Å²) in [5.41, 5.74) is 0. The second-order valence-electron chi connectivity index (χ2n) is 5.82. The Bertz CT molecular complexity index is 251. The lowest BCUT2D eigenvalue weighted by molar-refractivity contribution is -0.123. The quantitative estimate of drug-likeness (QED) is 0.765. The summed E-state index contributed by atoms with van der Waals surface area (Å²) < 4.78 is 0. The van der Waals surface area contributed by atoms with Crippen LogP contribution in [-0.2, 0) is 4.79 Å². The van der Waals surface area contributed by atoms with Gasteiger partial charge in [0, 0.05) is 18.5 Å². The summed E-state index contributed by atoms with van der Waals surface area (Å²) in [7, 11) is 0. The molecule has 0 radical (unpaired) electrons. The Kier molecular flexibility index (Phi) is 6.69. The van der Waals surface area contributed by atoms with Gasteiger partial charge in [-0.1, -0.05) is 33.6 Å². The maximum Gasteiger partial charge on any atom is 0.221 e. The second-order valence-corrected chi connectivity index (χ2v) is 5.82. The van der Waals surface area contributed by atoms with Gasteiger partial charge in [-0.3, -0.25) is 4.79 Å². The van der Waals surface area contributed by atoms with Crippen LogP contribution < -0.4 is 10.6 Å². The standard InChI is InChI=1S/C15H30N2O/c1-5-13(6-2)12(4)17-15(18)10-14-11(3)8-7-9-16-14/h11-14,16H,5-10H2,1-4H3,(H,17,18). The molecule has 3 heteroatoms. The van der Waals surface area contributed by atoms with Gasteiger partial charge in [-0.15, -0.1) is 0 Å². The molecule has 3 nitrogen and oxygen atoms in total. The summed E-state index contributed by atoms with van der Waals surface area (Å²) in [6.07, 6.45) is 5.38. The molecule has 1 aliphatic heterocycles. The minimum Gasteiger partial charge on any atom is -0.353 e. The normalized spacial score (nSPS) is 26.1. The zero-order chi connectivity index (χ0) is 13.5. The van der Waals surface area contributed by atoms with Crippen molar-refractivity contribution < 1.29 is 4.79 Å². The minimum absolute atomic E-state index is 0.209. The van der Waals surface area contributed by atoms with Crippen molar-refractivity contribution in [3.63, 3.8) is 0 Å². The molecule has 0 spiro atoms. The van der Waals surface area contributed by atoms with Crippen molar-refractivity contribution in [2.24, 2.45) is 11.8 Å². The summed E-state index contributed by atoms with van der Waals surface area (Å²) in [6.45, 7) is 9.83. The van der Waals surface area contributed by atoms with E-state index in [-0.39, 0.29) is 5.91 Å². The Balaban J connectivity index is 2.36. The van der Waals surface area contributed by atoms with E-state index in [1.54, 1.807) is 0 Å². The Morgan fingerprint density at radius 1 is 1.39 bits per heavy atom. The first-order valence-electron chi connectivity index (χ1n) is 7.61. The number of amides is 1. The van der Waals surface area contributed by atoms with Gasteiger partial charge in [0.1, 0.15) is 0 Å². The van der Waals surface area contributed by atoms with Gasteiger partial charge in [0.25, 0.3) is 0 Å². The Labute approximate surface area is 112 Å². The summed E-state index contributed by atoms with van der Waals surface area (Å²) in [4.78, 5) is 12.1. The van der Waals surface area contributed by atoms with E-state index >= 15 is 0 Å². The van der Waals surface area contributed by atoms with Gasteiger partial charge in [-0.05, 0) is 38.1 Å². The van der Waals surface area contributed by atoms with E-state index in [0.29, 0.717) is 30.3 Å². The van der Waals surface area contributed by atoms with Crippen molar-refractivity contribution in [1.29, 1.82) is 0 Å². The maximum atomic E-state index is 12.1. The van der Waals surface area contributed by atoms with Crippen molar-refractivity contribution in [2.45, 2.75) is 71.9 Å². The lowest BCUT2D eigenvalue weighted by Crippen LogP contribution is -2.46. The molecule has 2 N–H and O–H groups in total. The zero-order valence-electron chi connectivity index (χ0n) is 12.5. The lowest BCUT2D eigenvalue weighted by atomic mass is 9.90. The highest BCUT2D eigenvalue weighted by Gasteiger charge is 2.24. The molecule has 1 rings (SSSR count). The number of carbonyl (C=O) groups is 1. The van der Waals surface area contributed by atoms with Crippen LogP contribution in [0.1, 0.15) is 59.8 Å². The van der Waals surface area contributed by atoms with Gasteiger partial charge in [-0.25, -0.2) is 0 Å². The molecule has 0 aromatic rings. The molecule has 1 fully saturated rings. The molecule has 1 aliphatic rings. The first-order chi connectivity index (χ1) is 8.58. The molecule has 1 saturated heterocycles. The first-order valence-corrected chi connectivity index (χ1v) is 7.61. The van der Waals surface area contributed by atoms with Crippen LogP contribution in [0.3, 0.4) is 0 Å². The largest absolute Gasteiger partial charge is 0.353 e. The molecule has 0 saturated carbocycles. The van der Waals surface area contributed by atoms with Gasteiger partial charge in [0.05, 0.1) is 0 Å². The highest BCUT2D eigenvalue weighted by molar-refractivity contribution is 5.76. The topological polar surface area (TPSA) is 41.1 Å². The average Bonchev–Trinajstić information content (AvgIpc) is 2.33. The average molecular weight is 254 g/mol. The Hall–Kier alpha value is -0.570. The zero-order valence-corrected chi connectivity index (χ0v) is 12.5.